The zero-order valence-corrected chi connectivity index (χ0v) is 46.0. The Labute approximate surface area is 435 Å². The smallest absolute Gasteiger partial charge is 0.249 e. The Bertz CT molecular complexity index is 1200. The number of hydrogen-bond donors (Lipinski definition) is 8. The summed E-state index contributed by atoms with van der Waals surface area (Å²) in [6, 6.07) is -1.19. The summed E-state index contributed by atoms with van der Waals surface area (Å²) in [7, 11) is 0. The molecule has 11 heteroatoms. The first-order chi connectivity index (χ1) is 34.7. The standard InChI is InChI=1S/C60H115NO10/c1-3-5-7-9-11-13-15-17-18-19-20-21-22-23-24-25-26-27-28-29-30-31-32-33-34-35-36-38-39-41-43-45-47-52(63)55(65)51(50-70-60-58(68)57(67)56(66)54(49-62)71-60)61-59(69)53(64)48-46-44-42-40-37-16-14-12-10-8-6-4-2/h34-35,39,41,51-58,60,62-68H,3-33,36-38,40,42-50H2,1-2H3,(H,61,69)/b35-34+,41-39+. The molecule has 71 heavy (non-hydrogen) atoms. The van der Waals surface area contributed by atoms with Crippen LogP contribution in [-0.2, 0) is 14.3 Å². The first-order valence-electron chi connectivity index (χ1n) is 30.2. The van der Waals surface area contributed by atoms with Gasteiger partial charge in [-0.05, 0) is 51.4 Å². The van der Waals surface area contributed by atoms with Gasteiger partial charge in [-0.25, -0.2) is 0 Å². The number of hydrogen-bond acceptors (Lipinski definition) is 10. The second kappa shape index (κ2) is 49.5. The van der Waals surface area contributed by atoms with Gasteiger partial charge in [0.05, 0.1) is 25.4 Å². The summed E-state index contributed by atoms with van der Waals surface area (Å²) in [4.78, 5) is 13.1. The summed E-state index contributed by atoms with van der Waals surface area (Å²) in [6.07, 6.45) is 48.4. The molecule has 1 saturated heterocycles. The molecular formula is C60H115NO10. The van der Waals surface area contributed by atoms with Crippen molar-refractivity contribution in [3.05, 3.63) is 24.3 Å². The molecule has 8 N–H and O–H groups in total. The maximum atomic E-state index is 13.1. The van der Waals surface area contributed by atoms with Crippen molar-refractivity contribution in [2.24, 2.45) is 0 Å². The summed E-state index contributed by atoms with van der Waals surface area (Å²) in [6.45, 7) is 3.45. The number of aliphatic hydroxyl groups is 7. The molecule has 420 valence electrons. The molecule has 0 radical (unpaired) electrons. The molecule has 1 fully saturated rings. The molecule has 11 nitrogen and oxygen atoms in total. The van der Waals surface area contributed by atoms with Crippen molar-refractivity contribution in [3.8, 4) is 0 Å². The predicted molar refractivity (Wildman–Crippen MR) is 293 cm³/mol. The Morgan fingerprint density at radius 1 is 0.479 bits per heavy atom. The summed E-state index contributed by atoms with van der Waals surface area (Å²) >= 11 is 0. The van der Waals surface area contributed by atoms with Crippen LogP contribution in [0.4, 0.5) is 0 Å². The van der Waals surface area contributed by atoms with Crippen LogP contribution in [0.5, 0.6) is 0 Å². The van der Waals surface area contributed by atoms with Crippen molar-refractivity contribution in [1.29, 1.82) is 0 Å². The fourth-order valence-corrected chi connectivity index (χ4v) is 9.81. The number of ether oxygens (including phenoxy) is 2. The van der Waals surface area contributed by atoms with Gasteiger partial charge in [0.15, 0.2) is 6.29 Å². The van der Waals surface area contributed by atoms with E-state index in [2.05, 4.69) is 43.5 Å². The third kappa shape index (κ3) is 37.9. The maximum Gasteiger partial charge on any atom is 0.249 e. The van der Waals surface area contributed by atoms with Gasteiger partial charge in [-0.15, -0.1) is 0 Å². The minimum absolute atomic E-state index is 0.249. The number of carbonyl (C=O) groups is 1. The lowest BCUT2D eigenvalue weighted by Crippen LogP contribution is -2.60. The van der Waals surface area contributed by atoms with Crippen LogP contribution < -0.4 is 5.32 Å². The van der Waals surface area contributed by atoms with Gasteiger partial charge in [-0.2, -0.15) is 0 Å². The number of amides is 1. The van der Waals surface area contributed by atoms with Gasteiger partial charge < -0.3 is 50.5 Å². The molecule has 0 spiro atoms. The number of allylic oxidation sites excluding steroid dienone is 4. The first-order valence-corrected chi connectivity index (χ1v) is 30.2. The monoisotopic (exact) mass is 1010 g/mol. The van der Waals surface area contributed by atoms with Crippen LogP contribution in [0.25, 0.3) is 0 Å². The van der Waals surface area contributed by atoms with E-state index in [0.29, 0.717) is 19.3 Å². The molecule has 1 rings (SSSR count). The molecular weight excluding hydrogens is 895 g/mol. The van der Waals surface area contributed by atoms with Crippen LogP contribution in [0.2, 0.25) is 0 Å². The lowest BCUT2D eigenvalue weighted by Gasteiger charge is -2.40. The zero-order valence-electron chi connectivity index (χ0n) is 46.0. The van der Waals surface area contributed by atoms with Crippen molar-refractivity contribution < 1.29 is 50.0 Å². The molecule has 0 saturated carbocycles. The Balaban J connectivity index is 2.23. The summed E-state index contributed by atoms with van der Waals surface area (Å²) in [5.41, 5.74) is 0. The molecule has 0 bridgehead atoms. The van der Waals surface area contributed by atoms with Crippen LogP contribution in [0, 0.1) is 0 Å². The van der Waals surface area contributed by atoms with Crippen molar-refractivity contribution in [2.45, 2.75) is 339 Å². The van der Waals surface area contributed by atoms with E-state index in [0.717, 1.165) is 38.5 Å². The Hall–Kier alpha value is -1.41. The van der Waals surface area contributed by atoms with Crippen LogP contribution in [0.1, 0.15) is 284 Å². The van der Waals surface area contributed by atoms with Crippen molar-refractivity contribution in [3.63, 3.8) is 0 Å². The van der Waals surface area contributed by atoms with E-state index in [-0.39, 0.29) is 12.8 Å². The molecule has 1 aliphatic heterocycles. The van der Waals surface area contributed by atoms with E-state index in [1.54, 1.807) is 0 Å². The number of unbranched alkanes of at least 4 members (excludes halogenated alkanes) is 36. The fraction of sp³-hybridized carbons (Fsp3) is 0.917. The predicted octanol–water partition coefficient (Wildman–Crippen LogP) is 12.9. The van der Waals surface area contributed by atoms with Crippen molar-refractivity contribution in [1.82, 2.24) is 5.32 Å². The van der Waals surface area contributed by atoms with E-state index in [9.17, 15) is 40.5 Å². The molecule has 1 aliphatic rings. The third-order valence-corrected chi connectivity index (χ3v) is 14.7. The molecule has 1 heterocycles. The number of rotatable bonds is 52. The molecule has 9 unspecified atom stereocenters. The highest BCUT2D eigenvalue weighted by Gasteiger charge is 2.44. The Kier molecular flexibility index (Phi) is 47.1. The quantitative estimate of drug-likeness (QED) is 0.0215. The fourth-order valence-electron chi connectivity index (χ4n) is 9.81. The average molecular weight is 1010 g/mol. The van der Waals surface area contributed by atoms with E-state index < -0.39 is 74.2 Å². The highest BCUT2D eigenvalue weighted by molar-refractivity contribution is 5.80. The number of carbonyl (C=O) groups excluding carboxylic acids is 1. The van der Waals surface area contributed by atoms with Gasteiger partial charge in [0.1, 0.15) is 36.6 Å². The van der Waals surface area contributed by atoms with Gasteiger partial charge in [-0.1, -0.05) is 256 Å². The SMILES string of the molecule is CCCCCCCCCCCCCCCCCCCCCCCCC/C=C/CC/C=C/CCCC(O)C(O)C(COC1OC(CO)C(O)C(O)C1O)NC(=O)C(O)CCCCCCCCCCCCCC. The third-order valence-electron chi connectivity index (χ3n) is 14.7. The van der Waals surface area contributed by atoms with Gasteiger partial charge in [0.25, 0.3) is 0 Å². The van der Waals surface area contributed by atoms with E-state index in [4.69, 9.17) is 9.47 Å². The van der Waals surface area contributed by atoms with Gasteiger partial charge in [0, 0.05) is 0 Å². The average Bonchev–Trinajstić information content (AvgIpc) is 3.37. The molecule has 0 aromatic rings. The second-order valence-corrected chi connectivity index (χ2v) is 21.4. The normalized spacial score (nSPS) is 20.3. The van der Waals surface area contributed by atoms with Crippen LogP contribution in [-0.4, -0.2) is 110 Å². The molecule has 1 amide bonds. The summed E-state index contributed by atoms with van der Waals surface area (Å²) in [5.74, 6) is -0.708. The van der Waals surface area contributed by atoms with Crippen LogP contribution in [0.15, 0.2) is 24.3 Å². The highest BCUT2D eigenvalue weighted by Crippen LogP contribution is 2.23. The van der Waals surface area contributed by atoms with Crippen LogP contribution in [0.3, 0.4) is 0 Å². The number of aliphatic hydroxyl groups excluding tert-OH is 7. The topological polar surface area (TPSA) is 189 Å². The summed E-state index contributed by atoms with van der Waals surface area (Å²) < 4.78 is 11.1. The lowest BCUT2D eigenvalue weighted by atomic mass is 9.98. The van der Waals surface area contributed by atoms with Crippen molar-refractivity contribution >= 4 is 5.91 Å². The minimum atomic E-state index is -1.67. The van der Waals surface area contributed by atoms with Gasteiger partial charge >= 0.3 is 0 Å². The zero-order chi connectivity index (χ0) is 51.8. The second-order valence-electron chi connectivity index (χ2n) is 21.4. The van der Waals surface area contributed by atoms with E-state index >= 15 is 0 Å². The largest absolute Gasteiger partial charge is 0.394 e. The van der Waals surface area contributed by atoms with Crippen LogP contribution >= 0.6 is 0 Å². The number of nitrogens with one attached hydrogen (secondary N) is 1. The van der Waals surface area contributed by atoms with Gasteiger partial charge in [-0.3, -0.25) is 4.79 Å². The molecule has 0 aromatic carbocycles. The van der Waals surface area contributed by atoms with E-state index in [1.165, 1.54) is 199 Å². The molecule has 9 atom stereocenters. The molecule has 0 aromatic heterocycles. The van der Waals surface area contributed by atoms with Gasteiger partial charge in [0.2, 0.25) is 5.91 Å². The first kappa shape index (κ1) is 67.6. The van der Waals surface area contributed by atoms with E-state index in [1.807, 2.05) is 0 Å². The Morgan fingerprint density at radius 2 is 0.845 bits per heavy atom. The Morgan fingerprint density at radius 3 is 1.25 bits per heavy atom. The molecule has 0 aliphatic carbocycles. The maximum absolute atomic E-state index is 13.1. The summed E-state index contributed by atoms with van der Waals surface area (Å²) in [5, 5.41) is 76.0. The lowest BCUT2D eigenvalue weighted by molar-refractivity contribution is -0.303. The highest BCUT2D eigenvalue weighted by atomic mass is 16.7. The van der Waals surface area contributed by atoms with Crippen molar-refractivity contribution in [2.75, 3.05) is 13.2 Å². The minimum Gasteiger partial charge on any atom is -0.394 e.